The van der Waals surface area contributed by atoms with Gasteiger partial charge in [0.05, 0.1) is 0 Å². The van der Waals surface area contributed by atoms with Gasteiger partial charge in [-0.3, -0.25) is 29.6 Å². The Bertz CT molecular complexity index is 787. The Labute approximate surface area is 120 Å². The van der Waals surface area contributed by atoms with E-state index in [2.05, 4.69) is 10.9 Å². The van der Waals surface area contributed by atoms with Crippen LogP contribution in [0, 0.1) is 6.92 Å². The smallest absolute Gasteiger partial charge is 0.283 e. The second-order valence-electron chi connectivity index (χ2n) is 4.71. The van der Waals surface area contributed by atoms with E-state index in [1.165, 1.54) is 24.7 Å². The quantitative estimate of drug-likeness (QED) is 0.787. The van der Waals surface area contributed by atoms with Gasteiger partial charge in [-0.25, -0.2) is 4.79 Å². The average Bonchev–Trinajstić information content (AvgIpc) is 2.48. The molecule has 0 bridgehead atoms. The summed E-state index contributed by atoms with van der Waals surface area (Å²) in [6, 6.07) is 8.26. The van der Waals surface area contributed by atoms with Crippen LogP contribution in [0.15, 0.2) is 39.9 Å². The zero-order chi connectivity index (χ0) is 15.6. The zero-order valence-electron chi connectivity index (χ0n) is 12.0. The monoisotopic (exact) mass is 288 g/mol. The number of aryl methyl sites for hydroxylation is 1. The third kappa shape index (κ3) is 3.02. The minimum absolute atomic E-state index is 0.212. The third-order valence-electron chi connectivity index (χ3n) is 3.14. The number of carbonyl (C=O) groups excluding carboxylic acids is 1. The maximum Gasteiger partial charge on any atom is 0.332 e. The van der Waals surface area contributed by atoms with E-state index in [1.807, 2.05) is 19.1 Å². The second-order valence-corrected chi connectivity index (χ2v) is 4.71. The molecule has 0 aliphatic rings. The number of carbonyl (C=O) groups is 1. The molecule has 2 aromatic rings. The highest BCUT2D eigenvalue weighted by Crippen LogP contribution is 2.03. The Morgan fingerprint density at radius 3 is 2.29 bits per heavy atom. The molecule has 0 saturated heterocycles. The molecule has 0 spiro atoms. The number of rotatable bonds is 3. The summed E-state index contributed by atoms with van der Waals surface area (Å²) in [6.45, 7) is 1.93. The van der Waals surface area contributed by atoms with Gasteiger partial charge in [0.25, 0.3) is 11.5 Å². The number of amides is 1. The van der Waals surface area contributed by atoms with Crippen molar-refractivity contribution >= 4 is 11.7 Å². The SMILES string of the molecule is Cc1ccc(C(=O)NNc2cc(=O)n(C)c(=O)n2C)cc1. The van der Waals surface area contributed by atoms with Crippen molar-refractivity contribution in [2.24, 2.45) is 14.1 Å². The number of benzene rings is 1. The Hall–Kier alpha value is -2.83. The normalized spacial score (nSPS) is 10.2. The molecule has 21 heavy (non-hydrogen) atoms. The number of hydrazine groups is 1. The van der Waals surface area contributed by atoms with Crippen molar-refractivity contribution in [2.45, 2.75) is 6.92 Å². The fraction of sp³-hybridized carbons (Fsp3) is 0.214. The standard InChI is InChI=1S/C14H16N4O3/c1-9-4-6-10(7-5-9)13(20)16-15-11-8-12(19)18(3)14(21)17(11)2/h4-8,15H,1-3H3,(H,16,20). The van der Waals surface area contributed by atoms with Gasteiger partial charge in [-0.05, 0) is 19.1 Å². The second kappa shape index (κ2) is 5.66. The molecular weight excluding hydrogens is 272 g/mol. The van der Waals surface area contributed by atoms with E-state index >= 15 is 0 Å². The molecule has 1 amide bonds. The van der Waals surface area contributed by atoms with Crippen molar-refractivity contribution < 1.29 is 4.79 Å². The third-order valence-corrected chi connectivity index (χ3v) is 3.14. The molecule has 0 aliphatic heterocycles. The van der Waals surface area contributed by atoms with E-state index in [0.717, 1.165) is 10.1 Å². The van der Waals surface area contributed by atoms with E-state index in [9.17, 15) is 14.4 Å². The molecule has 1 aromatic carbocycles. The maximum atomic E-state index is 11.9. The van der Waals surface area contributed by atoms with Crippen LogP contribution in [0.1, 0.15) is 15.9 Å². The van der Waals surface area contributed by atoms with Crippen LogP contribution >= 0.6 is 0 Å². The average molecular weight is 288 g/mol. The first kappa shape index (κ1) is 14.6. The lowest BCUT2D eigenvalue weighted by Gasteiger charge is -2.12. The molecule has 7 heteroatoms. The van der Waals surface area contributed by atoms with Crippen LogP contribution in [0.5, 0.6) is 0 Å². The van der Waals surface area contributed by atoms with Crippen LogP contribution in [0.3, 0.4) is 0 Å². The van der Waals surface area contributed by atoms with Gasteiger partial charge in [0.15, 0.2) is 0 Å². The van der Waals surface area contributed by atoms with E-state index in [-0.39, 0.29) is 11.7 Å². The summed E-state index contributed by atoms with van der Waals surface area (Å²) in [5, 5.41) is 0. The van der Waals surface area contributed by atoms with Gasteiger partial charge in [-0.1, -0.05) is 17.7 Å². The van der Waals surface area contributed by atoms with Crippen molar-refractivity contribution in [3.63, 3.8) is 0 Å². The molecule has 0 radical (unpaired) electrons. The highest BCUT2D eigenvalue weighted by molar-refractivity contribution is 5.94. The number of nitrogens with one attached hydrogen (secondary N) is 2. The Morgan fingerprint density at radius 2 is 1.67 bits per heavy atom. The lowest BCUT2D eigenvalue weighted by Crippen LogP contribution is -2.40. The van der Waals surface area contributed by atoms with Crippen molar-refractivity contribution in [1.29, 1.82) is 0 Å². The van der Waals surface area contributed by atoms with Crippen LogP contribution in [0.25, 0.3) is 0 Å². The molecule has 1 heterocycles. The van der Waals surface area contributed by atoms with Crippen LogP contribution in [-0.4, -0.2) is 15.0 Å². The minimum Gasteiger partial charge on any atom is -0.283 e. The Kier molecular flexibility index (Phi) is 3.93. The lowest BCUT2D eigenvalue weighted by molar-refractivity contribution is 0.0962. The van der Waals surface area contributed by atoms with Gasteiger partial charge >= 0.3 is 5.69 Å². The van der Waals surface area contributed by atoms with Gasteiger partial charge < -0.3 is 0 Å². The number of anilines is 1. The molecule has 1 aromatic heterocycles. The summed E-state index contributed by atoms with van der Waals surface area (Å²) in [5.74, 6) is -0.147. The molecule has 7 nitrogen and oxygen atoms in total. The molecule has 110 valence electrons. The van der Waals surface area contributed by atoms with Crippen molar-refractivity contribution in [3.05, 3.63) is 62.3 Å². The van der Waals surface area contributed by atoms with E-state index in [0.29, 0.717) is 5.56 Å². The highest BCUT2D eigenvalue weighted by Gasteiger charge is 2.08. The summed E-state index contributed by atoms with van der Waals surface area (Å²) in [5.41, 5.74) is 5.63. The van der Waals surface area contributed by atoms with Gasteiger partial charge in [0, 0.05) is 25.7 Å². The van der Waals surface area contributed by atoms with E-state index < -0.39 is 11.2 Å². The van der Waals surface area contributed by atoms with Gasteiger partial charge in [-0.2, -0.15) is 0 Å². The Balaban J connectivity index is 2.17. The van der Waals surface area contributed by atoms with E-state index in [1.54, 1.807) is 12.1 Å². The first-order valence-corrected chi connectivity index (χ1v) is 6.30. The molecule has 0 unspecified atom stereocenters. The number of hydrogen-bond donors (Lipinski definition) is 2. The number of hydrogen-bond acceptors (Lipinski definition) is 4. The Morgan fingerprint density at radius 1 is 1.05 bits per heavy atom. The van der Waals surface area contributed by atoms with Crippen LogP contribution < -0.4 is 22.1 Å². The zero-order valence-corrected chi connectivity index (χ0v) is 12.0. The van der Waals surface area contributed by atoms with Crippen LogP contribution in [0.4, 0.5) is 5.82 Å². The van der Waals surface area contributed by atoms with Crippen molar-refractivity contribution in [1.82, 2.24) is 14.6 Å². The molecule has 0 atom stereocenters. The van der Waals surface area contributed by atoms with Gasteiger partial charge in [0.1, 0.15) is 5.82 Å². The molecule has 2 rings (SSSR count). The molecule has 0 fully saturated rings. The lowest BCUT2D eigenvalue weighted by atomic mass is 10.1. The van der Waals surface area contributed by atoms with Crippen molar-refractivity contribution in [2.75, 3.05) is 5.43 Å². The van der Waals surface area contributed by atoms with E-state index in [4.69, 9.17) is 0 Å². The maximum absolute atomic E-state index is 11.9. The summed E-state index contributed by atoms with van der Waals surface area (Å²) in [4.78, 5) is 35.2. The summed E-state index contributed by atoms with van der Waals surface area (Å²) < 4.78 is 2.21. The van der Waals surface area contributed by atoms with Crippen LogP contribution in [-0.2, 0) is 14.1 Å². The predicted octanol–water partition coefficient (Wildman–Crippen LogP) is 0.149. The fourth-order valence-electron chi connectivity index (χ4n) is 1.75. The minimum atomic E-state index is -0.477. The first-order valence-electron chi connectivity index (χ1n) is 6.30. The number of nitrogens with zero attached hydrogens (tertiary/aromatic N) is 2. The number of aromatic nitrogens is 2. The molecular formula is C14H16N4O3. The molecule has 2 N–H and O–H groups in total. The summed E-state index contributed by atoms with van der Waals surface area (Å²) in [7, 11) is 2.89. The highest BCUT2D eigenvalue weighted by atomic mass is 16.2. The predicted molar refractivity (Wildman–Crippen MR) is 79.2 cm³/mol. The topological polar surface area (TPSA) is 85.1 Å². The largest absolute Gasteiger partial charge is 0.332 e. The summed E-state index contributed by atoms with van der Waals surface area (Å²) >= 11 is 0. The molecule has 0 saturated carbocycles. The first-order chi connectivity index (χ1) is 9.90. The van der Waals surface area contributed by atoms with Crippen LogP contribution in [0.2, 0.25) is 0 Å². The van der Waals surface area contributed by atoms with Crippen molar-refractivity contribution in [3.8, 4) is 0 Å². The molecule has 0 aliphatic carbocycles. The van der Waals surface area contributed by atoms with Gasteiger partial charge in [-0.15, -0.1) is 0 Å². The van der Waals surface area contributed by atoms with Gasteiger partial charge in [0.2, 0.25) is 0 Å². The fourth-order valence-corrected chi connectivity index (χ4v) is 1.75. The summed E-state index contributed by atoms with van der Waals surface area (Å²) in [6.07, 6.45) is 0.